The van der Waals surface area contributed by atoms with Crippen LogP contribution in [-0.4, -0.2) is 40.9 Å². The van der Waals surface area contributed by atoms with Crippen LogP contribution >= 0.6 is 0 Å². The second-order valence-electron chi connectivity index (χ2n) is 7.76. The number of nitrogens with zero attached hydrogens (tertiary/aromatic N) is 2. The van der Waals surface area contributed by atoms with Gasteiger partial charge in [0.25, 0.3) is 0 Å². The van der Waals surface area contributed by atoms with Crippen molar-refractivity contribution in [2.24, 2.45) is 5.92 Å². The Morgan fingerprint density at radius 3 is 2.52 bits per heavy atom. The van der Waals surface area contributed by atoms with Crippen molar-refractivity contribution in [3.05, 3.63) is 35.4 Å². The molecule has 0 spiro atoms. The molecule has 1 saturated heterocycles. The number of piperidine rings is 1. The van der Waals surface area contributed by atoms with E-state index in [-0.39, 0.29) is 18.7 Å². The van der Waals surface area contributed by atoms with Gasteiger partial charge in [0, 0.05) is 6.54 Å². The van der Waals surface area contributed by atoms with Crippen molar-refractivity contribution in [1.82, 2.24) is 4.90 Å². The Morgan fingerprint density at radius 2 is 1.96 bits per heavy atom. The van der Waals surface area contributed by atoms with Crippen LogP contribution in [0.3, 0.4) is 0 Å². The molecule has 136 valence electrons. The fourth-order valence-electron chi connectivity index (χ4n) is 3.27. The Labute approximate surface area is 150 Å². The number of hydrogen-bond donors (Lipinski definition) is 1. The van der Waals surface area contributed by atoms with E-state index in [0.717, 1.165) is 24.8 Å². The molecule has 25 heavy (non-hydrogen) atoms. The highest BCUT2D eigenvalue weighted by Crippen LogP contribution is 2.27. The van der Waals surface area contributed by atoms with Gasteiger partial charge in [-0.2, -0.15) is 5.26 Å². The van der Waals surface area contributed by atoms with E-state index in [0.29, 0.717) is 18.9 Å². The molecule has 1 aromatic carbocycles. The molecule has 2 atom stereocenters. The second kappa shape index (κ2) is 8.35. The van der Waals surface area contributed by atoms with Crippen LogP contribution in [0.15, 0.2) is 24.3 Å². The highest BCUT2D eigenvalue weighted by Gasteiger charge is 2.33. The maximum absolute atomic E-state index is 12.3. The highest BCUT2D eigenvalue weighted by atomic mass is 16.6. The van der Waals surface area contributed by atoms with Gasteiger partial charge in [0.2, 0.25) is 0 Å². The molecule has 0 aromatic heterocycles. The lowest BCUT2D eigenvalue weighted by Gasteiger charge is -2.39. The zero-order chi connectivity index (χ0) is 18.4. The molecule has 5 heteroatoms. The van der Waals surface area contributed by atoms with Gasteiger partial charge in [-0.15, -0.1) is 0 Å². The molecule has 1 aliphatic heterocycles. The number of likely N-dealkylation sites (tertiary alicyclic amines) is 1. The predicted octanol–water partition coefficient (Wildman–Crippen LogP) is 3.30. The smallest absolute Gasteiger partial charge is 0.410 e. The molecular weight excluding hydrogens is 316 g/mol. The normalized spacial score (nSPS) is 20.8. The van der Waals surface area contributed by atoms with Crippen LogP contribution in [0.4, 0.5) is 4.79 Å². The molecule has 1 aromatic rings. The zero-order valence-corrected chi connectivity index (χ0v) is 15.4. The minimum atomic E-state index is -0.529. The Bertz CT molecular complexity index is 613. The van der Waals surface area contributed by atoms with Gasteiger partial charge in [-0.1, -0.05) is 24.3 Å². The minimum Gasteiger partial charge on any atom is -0.444 e. The maximum Gasteiger partial charge on any atom is 0.410 e. The number of rotatable bonds is 4. The number of aliphatic hydroxyl groups is 1. The summed E-state index contributed by atoms with van der Waals surface area (Å²) in [4.78, 5) is 14.0. The summed E-state index contributed by atoms with van der Waals surface area (Å²) in [6.07, 6.45) is 2.68. The molecular formula is C20H28N2O3. The number of hydrogen-bond acceptors (Lipinski definition) is 4. The molecule has 5 nitrogen and oxygen atoms in total. The number of nitriles is 1. The van der Waals surface area contributed by atoms with Gasteiger partial charge in [-0.25, -0.2) is 4.79 Å². The van der Waals surface area contributed by atoms with E-state index in [1.54, 1.807) is 4.90 Å². The third-order valence-electron chi connectivity index (χ3n) is 4.49. The third kappa shape index (κ3) is 5.75. The molecule has 1 amide bonds. The number of carbonyl (C=O) groups is 1. The summed E-state index contributed by atoms with van der Waals surface area (Å²) in [5, 5.41) is 18.4. The van der Waals surface area contributed by atoms with Gasteiger partial charge >= 0.3 is 6.09 Å². The summed E-state index contributed by atoms with van der Waals surface area (Å²) in [6, 6.07) is 10.1. The molecule has 0 radical (unpaired) electrons. The number of aliphatic hydroxyl groups excluding tert-OH is 1. The molecule has 1 N–H and O–H groups in total. The van der Waals surface area contributed by atoms with E-state index >= 15 is 0 Å². The van der Waals surface area contributed by atoms with Crippen LogP contribution in [0, 0.1) is 17.2 Å². The van der Waals surface area contributed by atoms with Crippen LogP contribution in [0.1, 0.15) is 44.7 Å². The lowest BCUT2D eigenvalue weighted by Crippen LogP contribution is -2.49. The first-order chi connectivity index (χ1) is 11.8. The van der Waals surface area contributed by atoms with Crippen LogP contribution in [0.2, 0.25) is 0 Å². The van der Waals surface area contributed by atoms with Crippen molar-refractivity contribution in [2.75, 3.05) is 13.2 Å². The van der Waals surface area contributed by atoms with Crippen LogP contribution in [0.5, 0.6) is 0 Å². The molecule has 2 rings (SSSR count). The fourth-order valence-corrected chi connectivity index (χ4v) is 3.27. The van der Waals surface area contributed by atoms with E-state index in [4.69, 9.17) is 10.00 Å². The van der Waals surface area contributed by atoms with Crippen molar-refractivity contribution in [1.29, 1.82) is 5.26 Å². The summed E-state index contributed by atoms with van der Waals surface area (Å²) in [6.45, 7) is 6.11. The lowest BCUT2D eigenvalue weighted by atomic mass is 9.86. The van der Waals surface area contributed by atoms with Gasteiger partial charge in [-0.05, 0) is 57.1 Å². The molecule has 2 unspecified atom stereocenters. The second-order valence-corrected chi connectivity index (χ2v) is 7.76. The molecule has 0 bridgehead atoms. The van der Waals surface area contributed by atoms with Crippen LogP contribution in [-0.2, 0) is 17.6 Å². The summed E-state index contributed by atoms with van der Waals surface area (Å²) in [7, 11) is 0. The van der Waals surface area contributed by atoms with E-state index in [9.17, 15) is 9.90 Å². The summed E-state index contributed by atoms with van der Waals surface area (Å²) in [5.74, 6) is 0.428. The average Bonchev–Trinajstić information content (AvgIpc) is 2.55. The van der Waals surface area contributed by atoms with Gasteiger partial charge in [0.05, 0.1) is 25.1 Å². The Hall–Kier alpha value is -2.06. The maximum atomic E-state index is 12.3. The minimum absolute atomic E-state index is 0.0448. The van der Waals surface area contributed by atoms with Crippen LogP contribution in [0.25, 0.3) is 0 Å². The summed E-state index contributed by atoms with van der Waals surface area (Å²) >= 11 is 0. The van der Waals surface area contributed by atoms with Gasteiger partial charge in [-0.3, -0.25) is 0 Å². The van der Waals surface area contributed by atoms with Crippen molar-refractivity contribution in [2.45, 2.75) is 58.1 Å². The first-order valence-electron chi connectivity index (χ1n) is 8.87. The molecule has 1 aliphatic rings. The first-order valence-corrected chi connectivity index (χ1v) is 8.87. The number of ether oxygens (including phenoxy) is 1. The van der Waals surface area contributed by atoms with Crippen molar-refractivity contribution >= 4 is 6.09 Å². The number of carbonyl (C=O) groups excluding carboxylic acids is 1. The third-order valence-corrected chi connectivity index (χ3v) is 4.49. The van der Waals surface area contributed by atoms with Gasteiger partial charge < -0.3 is 14.7 Å². The van der Waals surface area contributed by atoms with Crippen LogP contribution < -0.4 is 0 Å². The van der Waals surface area contributed by atoms with Crippen molar-refractivity contribution in [3.63, 3.8) is 0 Å². The fraction of sp³-hybridized carbons (Fsp3) is 0.600. The Kier molecular flexibility index (Phi) is 6.44. The number of amides is 1. The molecule has 0 aliphatic carbocycles. The molecule has 1 heterocycles. The average molecular weight is 344 g/mol. The van der Waals surface area contributed by atoms with Gasteiger partial charge in [0.15, 0.2) is 0 Å². The molecule has 1 fully saturated rings. The Morgan fingerprint density at radius 1 is 1.32 bits per heavy atom. The van der Waals surface area contributed by atoms with E-state index in [2.05, 4.69) is 18.2 Å². The lowest BCUT2D eigenvalue weighted by molar-refractivity contribution is -0.00460. The largest absolute Gasteiger partial charge is 0.444 e. The monoisotopic (exact) mass is 344 g/mol. The SMILES string of the molecule is CC(C)(C)OC(=O)N1CCC(Cc2ccc(CC#N)cc2)CC1CO. The quantitative estimate of drug-likeness (QED) is 0.909. The van der Waals surface area contributed by atoms with Gasteiger partial charge in [0.1, 0.15) is 5.60 Å². The Balaban J connectivity index is 1.94. The predicted molar refractivity (Wildman–Crippen MR) is 96.0 cm³/mol. The zero-order valence-electron chi connectivity index (χ0n) is 15.4. The standard InChI is InChI=1S/C20H28N2O3/c1-20(2,3)25-19(24)22-11-9-17(13-18(22)14-23)12-16-6-4-15(5-7-16)8-10-21/h4-7,17-18,23H,8-9,11-14H2,1-3H3. The molecule has 0 saturated carbocycles. The summed E-state index contributed by atoms with van der Waals surface area (Å²) in [5.41, 5.74) is 1.73. The van der Waals surface area contributed by atoms with E-state index in [1.165, 1.54) is 5.56 Å². The van der Waals surface area contributed by atoms with Crippen molar-refractivity contribution < 1.29 is 14.6 Å². The number of benzene rings is 1. The van der Waals surface area contributed by atoms with E-state index < -0.39 is 5.60 Å². The van der Waals surface area contributed by atoms with E-state index in [1.807, 2.05) is 32.9 Å². The highest BCUT2D eigenvalue weighted by molar-refractivity contribution is 5.68. The summed E-state index contributed by atoms with van der Waals surface area (Å²) < 4.78 is 5.45. The van der Waals surface area contributed by atoms with Crippen molar-refractivity contribution in [3.8, 4) is 6.07 Å². The first kappa shape index (κ1) is 19.3. The topological polar surface area (TPSA) is 73.6 Å².